The summed E-state index contributed by atoms with van der Waals surface area (Å²) in [5.74, 6) is 0.992. The van der Waals surface area contributed by atoms with Crippen LogP contribution in [0.5, 0.6) is 11.6 Å². The molecule has 2 heterocycles. The molecule has 5 rings (SSSR count). The minimum Gasteiger partial charge on any atom is -0.439 e. The van der Waals surface area contributed by atoms with Crippen LogP contribution in [0.15, 0.2) is 91.1 Å². The first-order valence-electron chi connectivity index (χ1n) is 13.8. The number of nitrogens with zero attached hydrogens (tertiary/aromatic N) is 3. The molecule has 0 spiro atoms. The van der Waals surface area contributed by atoms with Crippen molar-refractivity contribution in [3.63, 3.8) is 0 Å². The van der Waals surface area contributed by atoms with E-state index in [1.807, 2.05) is 47.4 Å². The summed E-state index contributed by atoms with van der Waals surface area (Å²) in [6, 6.07) is 25.0. The summed E-state index contributed by atoms with van der Waals surface area (Å²) in [6.07, 6.45) is 4.51. The van der Waals surface area contributed by atoms with Gasteiger partial charge in [0, 0.05) is 55.0 Å². The molecule has 1 aliphatic heterocycles. The van der Waals surface area contributed by atoms with Crippen LogP contribution in [0.2, 0.25) is 5.02 Å². The number of rotatable bonds is 9. The number of aromatic nitrogens is 1. The molecule has 0 unspecified atom stereocenters. The van der Waals surface area contributed by atoms with Gasteiger partial charge in [-0.1, -0.05) is 35.9 Å². The number of pyridine rings is 1. The number of anilines is 4. The number of para-hydroxylation sites is 1. The minimum atomic E-state index is -3.34. The van der Waals surface area contributed by atoms with Crippen molar-refractivity contribution in [2.75, 3.05) is 40.0 Å². The Balaban J connectivity index is 0.00000276. The Labute approximate surface area is 280 Å². The fourth-order valence-corrected chi connectivity index (χ4v) is 5.65. The molecule has 45 heavy (non-hydrogen) atoms. The number of piperidine rings is 1. The third-order valence-electron chi connectivity index (χ3n) is 7.01. The maximum Gasteiger partial charge on any atom is 0.326 e. The third kappa shape index (κ3) is 10.1. The molecule has 1 aromatic heterocycles. The SMILES string of the molecule is CS(=O)(=O)Nc1ccc(Oc2ccc(CN3CCC(N(C(=O)Nc4ccc(Cl)c(N)c4)c4ccccc4)CC3)cn2)cc1.Cl.Cl. The monoisotopic (exact) mass is 692 g/mol. The van der Waals surface area contributed by atoms with Crippen molar-refractivity contribution in [2.24, 2.45) is 0 Å². The molecule has 1 aliphatic rings. The topological polar surface area (TPSA) is 130 Å². The van der Waals surface area contributed by atoms with E-state index in [1.165, 1.54) is 0 Å². The molecule has 2 amide bonds. The predicted molar refractivity (Wildman–Crippen MR) is 186 cm³/mol. The number of ether oxygens (including phenoxy) is 1. The van der Waals surface area contributed by atoms with Gasteiger partial charge in [0.1, 0.15) is 5.75 Å². The van der Waals surface area contributed by atoms with Crippen molar-refractivity contribution >= 4 is 75.2 Å². The number of hydrogen-bond acceptors (Lipinski definition) is 7. The normalized spacial score (nSPS) is 13.6. The highest BCUT2D eigenvalue weighted by atomic mass is 35.5. The minimum absolute atomic E-state index is 0. The van der Waals surface area contributed by atoms with Crippen LogP contribution in [0.3, 0.4) is 0 Å². The van der Waals surface area contributed by atoms with Gasteiger partial charge in [0.2, 0.25) is 15.9 Å². The Morgan fingerprint density at radius 3 is 2.27 bits per heavy atom. The highest BCUT2D eigenvalue weighted by Crippen LogP contribution is 2.28. The van der Waals surface area contributed by atoms with Gasteiger partial charge in [0.05, 0.1) is 17.0 Å². The second-order valence-electron chi connectivity index (χ2n) is 10.4. The summed E-state index contributed by atoms with van der Waals surface area (Å²) in [4.78, 5) is 22.1. The lowest BCUT2D eigenvalue weighted by atomic mass is 10.0. The summed E-state index contributed by atoms with van der Waals surface area (Å²) < 4.78 is 31.0. The Bertz CT molecular complexity index is 1660. The zero-order valence-corrected chi connectivity index (χ0v) is 27.6. The lowest BCUT2D eigenvalue weighted by Crippen LogP contribution is -2.49. The molecule has 10 nitrogen and oxygen atoms in total. The largest absolute Gasteiger partial charge is 0.439 e. The lowest BCUT2D eigenvalue weighted by Gasteiger charge is -2.38. The standard InChI is InChI=1S/C31H33ClN6O4S.2ClH/c1-43(40,41)36-23-8-11-27(12-9-23)42-30-14-7-22(20-34-30)21-37-17-15-26(16-18-37)38(25-5-3-2-4-6-25)31(39)35-24-10-13-28(32)29(33)19-24;;/h2-14,19-20,26,36H,15-18,21,33H2,1H3,(H,35,39);2*1H. The Morgan fingerprint density at radius 2 is 1.67 bits per heavy atom. The number of nitrogen functional groups attached to an aromatic ring is 1. The number of benzene rings is 3. The van der Waals surface area contributed by atoms with E-state index in [1.54, 1.807) is 48.7 Å². The van der Waals surface area contributed by atoms with Gasteiger partial charge in [-0.25, -0.2) is 18.2 Å². The van der Waals surface area contributed by atoms with E-state index >= 15 is 0 Å². The van der Waals surface area contributed by atoms with E-state index in [4.69, 9.17) is 22.1 Å². The fraction of sp³-hybridized carbons (Fsp3) is 0.226. The summed E-state index contributed by atoms with van der Waals surface area (Å²) >= 11 is 6.05. The molecule has 0 aliphatic carbocycles. The maximum absolute atomic E-state index is 13.5. The van der Waals surface area contributed by atoms with Gasteiger partial charge in [-0.2, -0.15) is 0 Å². The molecule has 240 valence electrons. The second-order valence-corrected chi connectivity index (χ2v) is 12.5. The van der Waals surface area contributed by atoms with E-state index < -0.39 is 10.0 Å². The van der Waals surface area contributed by atoms with Crippen molar-refractivity contribution in [1.29, 1.82) is 0 Å². The van der Waals surface area contributed by atoms with Crippen molar-refractivity contribution in [3.8, 4) is 11.6 Å². The number of carbonyl (C=O) groups excluding carboxylic acids is 1. The maximum atomic E-state index is 13.5. The zero-order valence-electron chi connectivity index (χ0n) is 24.4. The number of likely N-dealkylation sites (tertiary alicyclic amines) is 1. The average molecular weight is 694 g/mol. The van der Waals surface area contributed by atoms with E-state index in [9.17, 15) is 13.2 Å². The smallest absolute Gasteiger partial charge is 0.326 e. The first-order valence-corrected chi connectivity index (χ1v) is 16.0. The molecular formula is C31H35Cl3N6O4S. The van der Waals surface area contributed by atoms with Crippen LogP contribution in [0.25, 0.3) is 0 Å². The van der Waals surface area contributed by atoms with Crippen LogP contribution in [0.1, 0.15) is 18.4 Å². The van der Waals surface area contributed by atoms with Crippen LogP contribution < -0.4 is 25.4 Å². The molecule has 4 aromatic rings. The van der Waals surface area contributed by atoms with E-state index in [-0.39, 0.29) is 36.9 Å². The molecule has 0 radical (unpaired) electrons. The highest BCUT2D eigenvalue weighted by molar-refractivity contribution is 7.92. The van der Waals surface area contributed by atoms with Crippen molar-refractivity contribution in [1.82, 2.24) is 9.88 Å². The number of halogens is 3. The number of carbonyl (C=O) groups is 1. The van der Waals surface area contributed by atoms with Gasteiger partial charge >= 0.3 is 6.03 Å². The molecular weight excluding hydrogens is 659 g/mol. The van der Waals surface area contributed by atoms with Gasteiger partial charge in [-0.05, 0) is 73.0 Å². The van der Waals surface area contributed by atoms with Crippen LogP contribution >= 0.6 is 36.4 Å². The quantitative estimate of drug-likeness (QED) is 0.161. The number of nitrogens with two attached hydrogens (primary N) is 1. The van der Waals surface area contributed by atoms with Gasteiger partial charge < -0.3 is 15.8 Å². The second kappa shape index (κ2) is 16.0. The summed E-state index contributed by atoms with van der Waals surface area (Å²) in [7, 11) is -3.34. The van der Waals surface area contributed by atoms with E-state index in [0.717, 1.165) is 50.0 Å². The van der Waals surface area contributed by atoms with Gasteiger partial charge in [0.15, 0.2) is 0 Å². The summed E-state index contributed by atoms with van der Waals surface area (Å²) in [5.41, 5.74) is 9.28. The Kier molecular flexibility index (Phi) is 12.7. The molecule has 0 bridgehead atoms. The van der Waals surface area contributed by atoms with Crippen LogP contribution in [-0.2, 0) is 16.6 Å². The van der Waals surface area contributed by atoms with Crippen molar-refractivity contribution in [2.45, 2.75) is 25.4 Å². The van der Waals surface area contributed by atoms with Crippen molar-refractivity contribution < 1.29 is 17.9 Å². The van der Waals surface area contributed by atoms with E-state index in [0.29, 0.717) is 33.7 Å². The van der Waals surface area contributed by atoms with Crippen LogP contribution in [0, 0.1) is 0 Å². The molecule has 3 aromatic carbocycles. The first-order chi connectivity index (χ1) is 20.6. The first kappa shape index (κ1) is 35.7. The summed E-state index contributed by atoms with van der Waals surface area (Å²) in [6.45, 7) is 2.37. The fourth-order valence-electron chi connectivity index (χ4n) is 4.97. The van der Waals surface area contributed by atoms with Gasteiger partial charge in [0.25, 0.3) is 0 Å². The molecule has 4 N–H and O–H groups in total. The molecule has 1 fully saturated rings. The molecule has 14 heteroatoms. The van der Waals surface area contributed by atoms with Crippen LogP contribution in [-0.4, -0.2) is 49.7 Å². The summed E-state index contributed by atoms with van der Waals surface area (Å²) in [5, 5.41) is 3.42. The molecule has 1 saturated heterocycles. The number of urea groups is 1. The highest BCUT2D eigenvalue weighted by Gasteiger charge is 2.29. The third-order valence-corrected chi connectivity index (χ3v) is 7.96. The molecule has 0 saturated carbocycles. The molecule has 0 atom stereocenters. The number of hydrogen-bond donors (Lipinski definition) is 3. The van der Waals surface area contributed by atoms with Gasteiger partial charge in [-0.3, -0.25) is 14.5 Å². The number of sulfonamides is 1. The predicted octanol–water partition coefficient (Wildman–Crippen LogP) is 7.03. The van der Waals surface area contributed by atoms with Crippen LogP contribution in [0.4, 0.5) is 27.5 Å². The lowest BCUT2D eigenvalue weighted by molar-refractivity contribution is 0.199. The zero-order chi connectivity index (χ0) is 30.4. The Morgan fingerprint density at radius 1 is 1.00 bits per heavy atom. The van der Waals surface area contributed by atoms with E-state index in [2.05, 4.69) is 19.9 Å². The number of nitrogens with one attached hydrogen (secondary N) is 2. The Hall–Kier alpha value is -3.74. The van der Waals surface area contributed by atoms with Gasteiger partial charge in [-0.15, -0.1) is 24.8 Å². The number of amides is 2. The average Bonchev–Trinajstić information content (AvgIpc) is 2.98. The van der Waals surface area contributed by atoms with Crippen molar-refractivity contribution in [3.05, 3.63) is 102 Å².